The molecule has 2 rings (SSSR count). The Morgan fingerprint density at radius 1 is 0.769 bits per heavy atom. The number of carbonyl (C=O) groups excluding carboxylic acids is 2. The van der Waals surface area contributed by atoms with E-state index in [0.29, 0.717) is 19.3 Å². The number of rotatable bonds is 6. The van der Waals surface area contributed by atoms with Crippen molar-refractivity contribution in [1.29, 1.82) is 0 Å². The topological polar surface area (TPSA) is 72.8 Å². The van der Waals surface area contributed by atoms with Crippen LogP contribution >= 0.6 is 0 Å². The van der Waals surface area contributed by atoms with Crippen LogP contribution in [-0.2, 0) is 31.9 Å². The van der Waals surface area contributed by atoms with Gasteiger partial charge in [-0.15, -0.1) is 0 Å². The van der Waals surface area contributed by atoms with Crippen molar-refractivity contribution in [3.05, 3.63) is 65.2 Å². The molecule has 5 nitrogen and oxygen atoms in total. The number of phenolic OH excluding ortho intramolecular Hbond substituents is 1. The molecule has 5 heteroatoms. The SMILES string of the molecule is COC(=O)CCc1ccc(C)cc1.COC(=O)CCc1ccc(O)cc1. The first-order valence-corrected chi connectivity index (χ1v) is 8.41. The van der Waals surface area contributed by atoms with Crippen molar-refractivity contribution in [2.24, 2.45) is 0 Å². The van der Waals surface area contributed by atoms with E-state index in [0.717, 1.165) is 12.0 Å². The Morgan fingerprint density at radius 2 is 1.15 bits per heavy atom. The number of phenols is 1. The summed E-state index contributed by atoms with van der Waals surface area (Å²) in [6.07, 6.45) is 2.24. The summed E-state index contributed by atoms with van der Waals surface area (Å²) < 4.78 is 9.06. The summed E-state index contributed by atoms with van der Waals surface area (Å²) in [4.78, 5) is 21.6. The molecule has 0 aliphatic heterocycles. The number of hydrogen-bond acceptors (Lipinski definition) is 5. The second-order valence-electron chi connectivity index (χ2n) is 5.80. The lowest BCUT2D eigenvalue weighted by molar-refractivity contribution is -0.141. The Labute approximate surface area is 154 Å². The van der Waals surface area contributed by atoms with E-state index in [4.69, 9.17) is 5.11 Å². The average Bonchev–Trinajstić information content (AvgIpc) is 2.67. The first-order chi connectivity index (χ1) is 12.4. The van der Waals surface area contributed by atoms with E-state index in [2.05, 4.69) is 9.47 Å². The molecule has 0 aromatic heterocycles. The Balaban J connectivity index is 0.000000260. The van der Waals surface area contributed by atoms with Crippen molar-refractivity contribution in [3.8, 4) is 5.75 Å². The molecule has 0 aliphatic carbocycles. The van der Waals surface area contributed by atoms with Crippen LogP contribution in [0.1, 0.15) is 29.5 Å². The van der Waals surface area contributed by atoms with Crippen molar-refractivity contribution in [1.82, 2.24) is 0 Å². The third-order valence-corrected chi connectivity index (χ3v) is 3.75. The normalized spacial score (nSPS) is 9.65. The van der Waals surface area contributed by atoms with Crippen LogP contribution in [0.25, 0.3) is 0 Å². The van der Waals surface area contributed by atoms with Crippen LogP contribution in [0.4, 0.5) is 0 Å². The van der Waals surface area contributed by atoms with Gasteiger partial charge in [0.2, 0.25) is 0 Å². The van der Waals surface area contributed by atoms with E-state index in [1.807, 2.05) is 31.2 Å². The minimum absolute atomic E-state index is 0.152. The van der Waals surface area contributed by atoms with Gasteiger partial charge in [-0.3, -0.25) is 9.59 Å². The van der Waals surface area contributed by atoms with Gasteiger partial charge in [0.1, 0.15) is 5.75 Å². The molecule has 0 saturated carbocycles. The molecular weight excluding hydrogens is 332 g/mol. The van der Waals surface area contributed by atoms with E-state index in [1.165, 1.54) is 25.3 Å². The summed E-state index contributed by atoms with van der Waals surface area (Å²) in [5, 5.41) is 8.99. The molecular formula is C21H26O5. The fourth-order valence-corrected chi connectivity index (χ4v) is 2.11. The number of ether oxygens (including phenoxy) is 2. The maximum Gasteiger partial charge on any atom is 0.305 e. The number of aromatic hydroxyl groups is 1. The lowest BCUT2D eigenvalue weighted by atomic mass is 10.1. The van der Waals surface area contributed by atoms with Gasteiger partial charge >= 0.3 is 11.9 Å². The van der Waals surface area contributed by atoms with Crippen LogP contribution in [-0.4, -0.2) is 31.3 Å². The number of benzene rings is 2. The lowest BCUT2D eigenvalue weighted by Crippen LogP contribution is -2.01. The molecule has 0 spiro atoms. The molecule has 2 aromatic rings. The van der Waals surface area contributed by atoms with Crippen LogP contribution in [0.3, 0.4) is 0 Å². The van der Waals surface area contributed by atoms with Gasteiger partial charge in [0, 0.05) is 12.8 Å². The number of aryl methyl sites for hydroxylation is 3. The zero-order chi connectivity index (χ0) is 19.4. The highest BCUT2D eigenvalue weighted by Crippen LogP contribution is 2.11. The summed E-state index contributed by atoms with van der Waals surface area (Å²) in [6, 6.07) is 15.0. The average molecular weight is 358 g/mol. The first kappa shape index (κ1) is 21.2. The van der Waals surface area contributed by atoms with Crippen molar-refractivity contribution in [2.45, 2.75) is 32.6 Å². The van der Waals surface area contributed by atoms with Crippen molar-refractivity contribution in [3.63, 3.8) is 0 Å². The molecule has 0 fully saturated rings. The highest BCUT2D eigenvalue weighted by Gasteiger charge is 2.01. The van der Waals surface area contributed by atoms with Gasteiger partial charge in [0.05, 0.1) is 14.2 Å². The highest BCUT2D eigenvalue weighted by molar-refractivity contribution is 5.69. The fraction of sp³-hybridized carbons (Fsp3) is 0.333. The molecule has 0 saturated heterocycles. The van der Waals surface area contributed by atoms with Gasteiger partial charge in [0.25, 0.3) is 0 Å². The Kier molecular flexibility index (Phi) is 9.54. The van der Waals surface area contributed by atoms with E-state index in [1.54, 1.807) is 24.3 Å². The van der Waals surface area contributed by atoms with Gasteiger partial charge in [-0.1, -0.05) is 42.0 Å². The summed E-state index contributed by atoms with van der Waals surface area (Å²) in [6.45, 7) is 2.05. The number of carbonyl (C=O) groups is 2. The van der Waals surface area contributed by atoms with E-state index in [9.17, 15) is 9.59 Å². The lowest BCUT2D eigenvalue weighted by Gasteiger charge is -2.00. The molecule has 1 N–H and O–H groups in total. The smallest absolute Gasteiger partial charge is 0.305 e. The number of methoxy groups -OCH3 is 2. The summed E-state index contributed by atoms with van der Waals surface area (Å²) in [7, 11) is 2.79. The van der Waals surface area contributed by atoms with E-state index >= 15 is 0 Å². The van der Waals surface area contributed by atoms with Crippen LogP contribution in [0.2, 0.25) is 0 Å². The fourth-order valence-electron chi connectivity index (χ4n) is 2.11. The van der Waals surface area contributed by atoms with Crippen LogP contribution in [0.15, 0.2) is 48.5 Å². The first-order valence-electron chi connectivity index (χ1n) is 8.41. The van der Waals surface area contributed by atoms with Gasteiger partial charge in [-0.2, -0.15) is 0 Å². The van der Waals surface area contributed by atoms with E-state index < -0.39 is 0 Å². The molecule has 26 heavy (non-hydrogen) atoms. The zero-order valence-electron chi connectivity index (χ0n) is 15.5. The Morgan fingerprint density at radius 3 is 1.54 bits per heavy atom. The van der Waals surface area contributed by atoms with Crippen molar-refractivity contribution in [2.75, 3.05) is 14.2 Å². The highest BCUT2D eigenvalue weighted by atomic mass is 16.5. The quantitative estimate of drug-likeness (QED) is 0.799. The molecule has 0 amide bonds. The monoisotopic (exact) mass is 358 g/mol. The summed E-state index contributed by atoms with van der Waals surface area (Å²) >= 11 is 0. The predicted octanol–water partition coefficient (Wildman–Crippen LogP) is 3.60. The molecule has 0 aliphatic rings. The van der Waals surface area contributed by atoms with E-state index in [-0.39, 0.29) is 17.7 Å². The second kappa shape index (κ2) is 11.7. The van der Waals surface area contributed by atoms with Crippen molar-refractivity contribution >= 4 is 11.9 Å². The van der Waals surface area contributed by atoms with Gasteiger partial charge in [0.15, 0.2) is 0 Å². The van der Waals surface area contributed by atoms with Crippen LogP contribution in [0.5, 0.6) is 5.75 Å². The predicted molar refractivity (Wildman–Crippen MR) is 100.0 cm³/mol. The minimum Gasteiger partial charge on any atom is -0.508 e. The standard InChI is InChI=1S/C11H14O2.C10H12O3/c1-9-3-5-10(6-4-9)7-8-11(12)13-2;1-13-10(12)7-4-8-2-5-9(11)6-3-8/h3-6H,7-8H2,1-2H3;2-3,5-6,11H,4,7H2,1H3. The van der Waals surface area contributed by atoms with Gasteiger partial charge in [-0.05, 0) is 43.0 Å². The van der Waals surface area contributed by atoms with Crippen LogP contribution in [0, 0.1) is 6.92 Å². The van der Waals surface area contributed by atoms with Gasteiger partial charge < -0.3 is 14.6 Å². The summed E-state index contributed by atoms with van der Waals surface area (Å²) in [5.41, 5.74) is 3.43. The van der Waals surface area contributed by atoms with Crippen molar-refractivity contribution < 1.29 is 24.2 Å². The maximum absolute atomic E-state index is 10.8. The number of hydrogen-bond donors (Lipinski definition) is 1. The molecule has 0 atom stereocenters. The minimum atomic E-state index is -0.215. The molecule has 0 unspecified atom stereocenters. The maximum atomic E-state index is 10.8. The Bertz CT molecular complexity index is 613. The third-order valence-electron chi connectivity index (χ3n) is 3.75. The third kappa shape index (κ3) is 8.87. The zero-order valence-corrected chi connectivity index (χ0v) is 15.5. The molecule has 0 bridgehead atoms. The van der Waals surface area contributed by atoms with Gasteiger partial charge in [-0.25, -0.2) is 0 Å². The second-order valence-corrected chi connectivity index (χ2v) is 5.80. The number of esters is 2. The largest absolute Gasteiger partial charge is 0.508 e. The van der Waals surface area contributed by atoms with Crippen LogP contribution < -0.4 is 0 Å². The summed E-state index contributed by atoms with van der Waals surface area (Å²) in [5.74, 6) is -0.129. The molecule has 0 radical (unpaired) electrons. The Hall–Kier alpha value is -2.82. The molecule has 2 aromatic carbocycles. The molecule has 0 heterocycles. The molecule has 140 valence electrons.